The lowest BCUT2D eigenvalue weighted by Gasteiger charge is -2.19. The zero-order chi connectivity index (χ0) is 15.4. The molecule has 0 bridgehead atoms. The normalized spacial score (nSPS) is 12.3. The van der Waals surface area contributed by atoms with Gasteiger partial charge in [-0.2, -0.15) is 8.78 Å². The zero-order valence-corrected chi connectivity index (χ0v) is 13.5. The quantitative estimate of drug-likeness (QED) is 0.704. The average Bonchev–Trinajstić information content (AvgIpc) is 2.43. The van der Waals surface area contributed by atoms with Crippen molar-refractivity contribution >= 4 is 33.2 Å². The van der Waals surface area contributed by atoms with E-state index in [0.717, 1.165) is 10.2 Å². The minimum atomic E-state index is -2.85. The molecule has 2 aromatic rings. The fourth-order valence-electron chi connectivity index (χ4n) is 1.96. The smallest absolute Gasteiger partial charge is 0.387 e. The van der Waals surface area contributed by atoms with E-state index in [1.807, 2.05) is 19.1 Å². The third-order valence-corrected chi connectivity index (χ3v) is 4.14. The zero-order valence-electron chi connectivity index (χ0n) is 11.1. The molecule has 0 aromatic heterocycles. The van der Waals surface area contributed by atoms with Gasteiger partial charge in [-0.25, -0.2) is 0 Å². The highest BCUT2D eigenvalue weighted by atomic mass is 79.9. The van der Waals surface area contributed by atoms with E-state index >= 15 is 0 Å². The molecule has 1 unspecified atom stereocenters. The summed E-state index contributed by atoms with van der Waals surface area (Å²) < 4.78 is 30.2. The Labute approximate surface area is 135 Å². The van der Waals surface area contributed by atoms with Crippen molar-refractivity contribution in [1.82, 2.24) is 0 Å². The standard InChI is InChI=1S/C15H13BrClF2NO/c1-9(20-10-6-7-12(16)13(17)8-10)11-4-2-3-5-14(11)21-15(18)19/h2-9,15,20H,1H3. The second kappa shape index (κ2) is 7.09. The van der Waals surface area contributed by atoms with E-state index in [4.69, 9.17) is 11.6 Å². The van der Waals surface area contributed by atoms with E-state index in [9.17, 15) is 8.78 Å². The number of nitrogens with one attached hydrogen (secondary N) is 1. The lowest BCUT2D eigenvalue weighted by atomic mass is 10.1. The van der Waals surface area contributed by atoms with Gasteiger partial charge < -0.3 is 10.1 Å². The predicted molar refractivity (Wildman–Crippen MR) is 84.3 cm³/mol. The molecule has 0 saturated heterocycles. The Morgan fingerprint density at radius 3 is 2.57 bits per heavy atom. The average molecular weight is 377 g/mol. The Morgan fingerprint density at radius 2 is 1.90 bits per heavy atom. The van der Waals surface area contributed by atoms with Crippen LogP contribution >= 0.6 is 27.5 Å². The van der Waals surface area contributed by atoms with Crippen molar-refractivity contribution in [2.75, 3.05) is 5.32 Å². The van der Waals surface area contributed by atoms with Gasteiger partial charge in [0, 0.05) is 15.7 Å². The SMILES string of the molecule is CC(Nc1ccc(Br)c(Cl)c1)c1ccccc1OC(F)F. The van der Waals surface area contributed by atoms with Gasteiger partial charge in [0.25, 0.3) is 0 Å². The number of hydrogen-bond acceptors (Lipinski definition) is 2. The van der Waals surface area contributed by atoms with Crippen LogP contribution in [0, 0.1) is 0 Å². The van der Waals surface area contributed by atoms with Crippen LogP contribution < -0.4 is 10.1 Å². The first-order valence-electron chi connectivity index (χ1n) is 6.22. The third-order valence-electron chi connectivity index (χ3n) is 2.90. The molecule has 0 heterocycles. The van der Waals surface area contributed by atoms with Crippen molar-refractivity contribution in [3.63, 3.8) is 0 Å². The molecule has 0 spiro atoms. The number of rotatable bonds is 5. The van der Waals surface area contributed by atoms with Gasteiger partial charge in [-0.3, -0.25) is 0 Å². The first kappa shape index (κ1) is 16.0. The number of halogens is 4. The predicted octanol–water partition coefficient (Wildman–Crippen LogP) is 5.88. The van der Waals surface area contributed by atoms with Crippen LogP contribution in [0.3, 0.4) is 0 Å². The van der Waals surface area contributed by atoms with Crippen LogP contribution in [0.15, 0.2) is 46.9 Å². The van der Waals surface area contributed by atoms with E-state index < -0.39 is 6.61 Å². The molecule has 0 radical (unpaired) electrons. The van der Waals surface area contributed by atoms with E-state index in [2.05, 4.69) is 26.0 Å². The first-order valence-corrected chi connectivity index (χ1v) is 7.40. The summed E-state index contributed by atoms with van der Waals surface area (Å²) >= 11 is 9.35. The maximum atomic E-state index is 12.4. The molecule has 21 heavy (non-hydrogen) atoms. The molecule has 0 amide bonds. The van der Waals surface area contributed by atoms with Crippen molar-refractivity contribution in [2.45, 2.75) is 19.6 Å². The Balaban J connectivity index is 2.19. The topological polar surface area (TPSA) is 21.3 Å². The maximum absolute atomic E-state index is 12.4. The van der Waals surface area contributed by atoms with E-state index in [1.54, 1.807) is 24.3 Å². The number of hydrogen-bond donors (Lipinski definition) is 1. The molecule has 1 atom stereocenters. The monoisotopic (exact) mass is 375 g/mol. The van der Waals surface area contributed by atoms with Gasteiger partial charge in [0.1, 0.15) is 5.75 Å². The number of alkyl halides is 2. The minimum Gasteiger partial charge on any atom is -0.434 e. The minimum absolute atomic E-state index is 0.163. The number of para-hydroxylation sites is 1. The summed E-state index contributed by atoms with van der Waals surface area (Å²) in [5.74, 6) is 0.163. The molecule has 0 aliphatic heterocycles. The van der Waals surface area contributed by atoms with Crippen molar-refractivity contribution in [2.24, 2.45) is 0 Å². The highest BCUT2D eigenvalue weighted by molar-refractivity contribution is 9.10. The summed E-state index contributed by atoms with van der Waals surface area (Å²) in [7, 11) is 0. The number of anilines is 1. The van der Waals surface area contributed by atoms with Crippen LogP contribution in [0.2, 0.25) is 5.02 Å². The van der Waals surface area contributed by atoms with Crippen molar-refractivity contribution in [1.29, 1.82) is 0 Å². The second-order valence-corrected chi connectivity index (χ2v) is 5.67. The van der Waals surface area contributed by atoms with Gasteiger partial charge in [-0.15, -0.1) is 0 Å². The van der Waals surface area contributed by atoms with Gasteiger partial charge in [0.2, 0.25) is 0 Å². The van der Waals surface area contributed by atoms with Gasteiger partial charge >= 0.3 is 6.61 Å². The lowest BCUT2D eigenvalue weighted by Crippen LogP contribution is -2.11. The Kier molecular flexibility index (Phi) is 5.42. The van der Waals surface area contributed by atoms with Crippen molar-refractivity contribution in [3.05, 3.63) is 57.5 Å². The highest BCUT2D eigenvalue weighted by Crippen LogP contribution is 2.31. The van der Waals surface area contributed by atoms with E-state index in [1.165, 1.54) is 6.07 Å². The molecule has 112 valence electrons. The molecule has 2 aromatic carbocycles. The molecule has 1 N–H and O–H groups in total. The molecular weight excluding hydrogens is 364 g/mol. The second-order valence-electron chi connectivity index (χ2n) is 4.41. The van der Waals surface area contributed by atoms with Crippen LogP contribution in [-0.2, 0) is 0 Å². The first-order chi connectivity index (χ1) is 9.97. The van der Waals surface area contributed by atoms with Crippen molar-refractivity contribution < 1.29 is 13.5 Å². The van der Waals surface area contributed by atoms with Gasteiger partial charge in [-0.1, -0.05) is 29.8 Å². The van der Waals surface area contributed by atoms with E-state index in [-0.39, 0.29) is 11.8 Å². The lowest BCUT2D eigenvalue weighted by molar-refractivity contribution is -0.0505. The molecule has 0 aliphatic rings. The van der Waals surface area contributed by atoms with E-state index in [0.29, 0.717) is 10.6 Å². The van der Waals surface area contributed by atoms with Gasteiger partial charge in [0.15, 0.2) is 0 Å². The van der Waals surface area contributed by atoms with Gasteiger partial charge in [-0.05, 0) is 47.1 Å². The Morgan fingerprint density at radius 1 is 1.19 bits per heavy atom. The van der Waals surface area contributed by atoms with Crippen LogP contribution in [0.25, 0.3) is 0 Å². The van der Waals surface area contributed by atoms with Crippen molar-refractivity contribution in [3.8, 4) is 5.75 Å². The Bertz CT molecular complexity index is 624. The fraction of sp³-hybridized carbons (Fsp3) is 0.200. The van der Waals surface area contributed by atoms with Gasteiger partial charge in [0.05, 0.1) is 11.1 Å². The largest absolute Gasteiger partial charge is 0.434 e. The summed E-state index contributed by atoms with van der Waals surface area (Å²) in [4.78, 5) is 0. The number of ether oxygens (including phenoxy) is 1. The summed E-state index contributed by atoms with van der Waals surface area (Å²) in [6.45, 7) is -0.982. The van der Waals surface area contributed by atoms with Crippen LogP contribution in [0.1, 0.15) is 18.5 Å². The molecule has 0 saturated carbocycles. The number of benzene rings is 2. The summed E-state index contributed by atoms with van der Waals surface area (Å²) in [6, 6.07) is 11.9. The summed E-state index contributed by atoms with van der Waals surface area (Å²) in [5.41, 5.74) is 1.44. The third kappa shape index (κ3) is 4.32. The molecule has 2 rings (SSSR count). The molecule has 2 nitrogen and oxygen atoms in total. The Hall–Kier alpha value is -1.33. The maximum Gasteiger partial charge on any atom is 0.387 e. The van der Waals surface area contributed by atoms with Crippen LogP contribution in [0.5, 0.6) is 5.75 Å². The van der Waals surface area contributed by atoms with Crippen LogP contribution in [0.4, 0.5) is 14.5 Å². The molecule has 0 fully saturated rings. The summed E-state index contributed by atoms with van der Waals surface area (Å²) in [6.07, 6.45) is 0. The summed E-state index contributed by atoms with van der Waals surface area (Å²) in [5, 5.41) is 3.78. The molecule has 6 heteroatoms. The fourth-order valence-corrected chi connectivity index (χ4v) is 2.38. The molecule has 0 aliphatic carbocycles. The highest BCUT2D eigenvalue weighted by Gasteiger charge is 2.14. The van der Waals surface area contributed by atoms with Crippen LogP contribution in [-0.4, -0.2) is 6.61 Å². The molecular formula is C15H13BrClF2NO.